The Morgan fingerprint density at radius 1 is 1.29 bits per heavy atom. The maximum atomic E-state index is 12.3. The first kappa shape index (κ1) is 16.4. The van der Waals surface area contributed by atoms with Crippen LogP contribution in [0.2, 0.25) is 0 Å². The molecule has 0 unspecified atom stereocenters. The fourth-order valence-electron chi connectivity index (χ4n) is 3.10. The summed E-state index contributed by atoms with van der Waals surface area (Å²) in [5.74, 6) is -0.600. The minimum Gasteiger partial charge on any atom is -0.467 e. The van der Waals surface area contributed by atoms with E-state index >= 15 is 0 Å². The molecule has 3 rings (SSSR count). The molecule has 0 radical (unpaired) electrons. The number of nitrogens with one attached hydrogen (secondary N) is 2. The largest absolute Gasteiger partial charge is 0.467 e. The van der Waals surface area contributed by atoms with E-state index in [-0.39, 0.29) is 5.92 Å². The van der Waals surface area contributed by atoms with Crippen LogP contribution in [0.15, 0.2) is 30.5 Å². The molecular formula is C18H22N2O4. The van der Waals surface area contributed by atoms with E-state index in [1.54, 1.807) is 20.8 Å². The van der Waals surface area contributed by atoms with Gasteiger partial charge < -0.3 is 19.8 Å². The van der Waals surface area contributed by atoms with Crippen molar-refractivity contribution in [2.24, 2.45) is 0 Å². The second-order valence-electron chi connectivity index (χ2n) is 7.14. The molecule has 128 valence electrons. The quantitative estimate of drug-likeness (QED) is 0.848. The van der Waals surface area contributed by atoms with Gasteiger partial charge >= 0.3 is 12.1 Å². The van der Waals surface area contributed by atoms with Crippen molar-refractivity contribution in [2.75, 3.05) is 7.11 Å². The summed E-state index contributed by atoms with van der Waals surface area (Å²) >= 11 is 0. The van der Waals surface area contributed by atoms with Gasteiger partial charge in [0.1, 0.15) is 11.1 Å². The molecule has 1 aliphatic carbocycles. The van der Waals surface area contributed by atoms with Gasteiger partial charge in [-0.25, -0.2) is 9.59 Å². The summed E-state index contributed by atoms with van der Waals surface area (Å²) in [5.41, 5.74) is 0.289. The number of amides is 1. The molecule has 1 aromatic heterocycles. The molecule has 1 heterocycles. The van der Waals surface area contributed by atoms with Gasteiger partial charge in [0.15, 0.2) is 0 Å². The van der Waals surface area contributed by atoms with Crippen LogP contribution >= 0.6 is 0 Å². The van der Waals surface area contributed by atoms with Gasteiger partial charge in [0, 0.05) is 23.0 Å². The van der Waals surface area contributed by atoms with Crippen LogP contribution in [0.5, 0.6) is 0 Å². The lowest BCUT2D eigenvalue weighted by molar-refractivity contribution is -0.144. The fourth-order valence-corrected chi connectivity index (χ4v) is 3.10. The van der Waals surface area contributed by atoms with Crippen molar-refractivity contribution in [1.29, 1.82) is 0 Å². The van der Waals surface area contributed by atoms with Crippen LogP contribution < -0.4 is 5.32 Å². The van der Waals surface area contributed by atoms with Crippen LogP contribution in [0.4, 0.5) is 4.79 Å². The predicted molar refractivity (Wildman–Crippen MR) is 89.8 cm³/mol. The molecule has 2 aromatic rings. The zero-order valence-electron chi connectivity index (χ0n) is 14.3. The van der Waals surface area contributed by atoms with Crippen LogP contribution in [0.25, 0.3) is 10.9 Å². The number of methoxy groups -OCH3 is 1. The van der Waals surface area contributed by atoms with E-state index in [1.165, 1.54) is 7.11 Å². The SMILES string of the molecule is COC(=O)[C@@]1(NC(=O)OC(C)(C)C)C[C@@H]1c1c[nH]c2ccccc12. The first-order valence-corrected chi connectivity index (χ1v) is 7.92. The van der Waals surface area contributed by atoms with E-state index in [0.717, 1.165) is 16.5 Å². The molecule has 0 bridgehead atoms. The Balaban J connectivity index is 1.88. The maximum absolute atomic E-state index is 12.3. The first-order valence-electron chi connectivity index (χ1n) is 7.92. The monoisotopic (exact) mass is 330 g/mol. The average Bonchev–Trinajstić information content (AvgIpc) is 3.05. The van der Waals surface area contributed by atoms with Crippen molar-refractivity contribution in [1.82, 2.24) is 10.3 Å². The van der Waals surface area contributed by atoms with Crippen LogP contribution in [-0.2, 0) is 14.3 Å². The van der Waals surface area contributed by atoms with Crippen LogP contribution in [0.3, 0.4) is 0 Å². The summed E-state index contributed by atoms with van der Waals surface area (Å²) in [7, 11) is 1.32. The highest BCUT2D eigenvalue weighted by Crippen LogP contribution is 2.54. The molecule has 1 saturated carbocycles. The summed E-state index contributed by atoms with van der Waals surface area (Å²) < 4.78 is 10.2. The van der Waals surface area contributed by atoms with E-state index in [0.29, 0.717) is 6.42 Å². The number of hydrogen-bond donors (Lipinski definition) is 2. The van der Waals surface area contributed by atoms with Crippen molar-refractivity contribution in [3.05, 3.63) is 36.0 Å². The Hall–Kier alpha value is -2.50. The molecular weight excluding hydrogens is 308 g/mol. The van der Waals surface area contributed by atoms with Gasteiger partial charge in [-0.3, -0.25) is 0 Å². The lowest BCUT2D eigenvalue weighted by atomic mass is 10.1. The van der Waals surface area contributed by atoms with Crippen molar-refractivity contribution in [2.45, 2.75) is 44.2 Å². The number of ether oxygens (including phenoxy) is 2. The summed E-state index contributed by atoms with van der Waals surface area (Å²) in [4.78, 5) is 27.7. The topological polar surface area (TPSA) is 80.4 Å². The van der Waals surface area contributed by atoms with Gasteiger partial charge in [-0.15, -0.1) is 0 Å². The molecule has 0 aliphatic heterocycles. The third kappa shape index (κ3) is 2.84. The Morgan fingerprint density at radius 3 is 2.67 bits per heavy atom. The molecule has 6 nitrogen and oxygen atoms in total. The molecule has 24 heavy (non-hydrogen) atoms. The van der Waals surface area contributed by atoms with Crippen molar-refractivity contribution < 1.29 is 19.1 Å². The second kappa shape index (κ2) is 5.54. The summed E-state index contributed by atoms with van der Waals surface area (Å²) in [6.07, 6.45) is 1.76. The number of carbonyl (C=O) groups excluding carboxylic acids is 2. The second-order valence-corrected chi connectivity index (χ2v) is 7.14. The fraction of sp³-hybridized carbons (Fsp3) is 0.444. The van der Waals surface area contributed by atoms with E-state index in [1.807, 2.05) is 30.5 Å². The van der Waals surface area contributed by atoms with E-state index in [9.17, 15) is 9.59 Å². The number of alkyl carbamates (subject to hydrolysis) is 1. The van der Waals surface area contributed by atoms with E-state index < -0.39 is 23.2 Å². The zero-order valence-corrected chi connectivity index (χ0v) is 14.3. The van der Waals surface area contributed by atoms with Crippen LogP contribution in [0.1, 0.15) is 38.7 Å². The Bertz CT molecular complexity index is 790. The minimum atomic E-state index is -1.07. The summed E-state index contributed by atoms with van der Waals surface area (Å²) in [6, 6.07) is 7.86. The number of esters is 1. The molecule has 2 N–H and O–H groups in total. The molecule has 1 amide bonds. The van der Waals surface area contributed by atoms with Gasteiger partial charge in [0.2, 0.25) is 0 Å². The number of benzene rings is 1. The standard InChI is InChI=1S/C18H22N2O4/c1-17(2,3)24-16(22)20-18(15(21)23-4)9-13(18)12-10-19-14-8-6-5-7-11(12)14/h5-8,10,13,19H,9H2,1-4H3,(H,20,22)/t13-,18-/m1/s1. The number of rotatable bonds is 3. The van der Waals surface area contributed by atoms with E-state index in [4.69, 9.17) is 9.47 Å². The zero-order chi connectivity index (χ0) is 17.5. The number of fused-ring (bicyclic) bond motifs is 1. The number of aromatic nitrogens is 1. The van der Waals surface area contributed by atoms with Crippen LogP contribution in [0, 0.1) is 0 Å². The smallest absolute Gasteiger partial charge is 0.408 e. The highest BCUT2D eigenvalue weighted by atomic mass is 16.6. The highest BCUT2D eigenvalue weighted by Gasteiger charge is 2.64. The first-order chi connectivity index (χ1) is 11.3. The average molecular weight is 330 g/mol. The number of H-pyrrole nitrogens is 1. The summed E-state index contributed by atoms with van der Waals surface area (Å²) in [6.45, 7) is 5.34. The Labute approximate surface area is 140 Å². The van der Waals surface area contributed by atoms with Gasteiger partial charge in [0.05, 0.1) is 7.11 Å². The molecule has 1 aromatic carbocycles. The Kier molecular flexibility index (Phi) is 3.78. The van der Waals surface area contributed by atoms with Crippen molar-refractivity contribution in [3.8, 4) is 0 Å². The highest BCUT2D eigenvalue weighted by molar-refractivity contribution is 5.94. The summed E-state index contributed by atoms with van der Waals surface area (Å²) in [5, 5.41) is 3.77. The van der Waals surface area contributed by atoms with Crippen LogP contribution in [-0.4, -0.2) is 35.3 Å². The maximum Gasteiger partial charge on any atom is 0.408 e. The third-order valence-corrected chi connectivity index (χ3v) is 4.23. The molecule has 1 aliphatic rings. The normalized spacial score (nSPS) is 22.9. The third-order valence-electron chi connectivity index (χ3n) is 4.23. The Morgan fingerprint density at radius 2 is 2.00 bits per heavy atom. The van der Waals surface area contributed by atoms with Gasteiger partial charge in [-0.05, 0) is 38.8 Å². The minimum absolute atomic E-state index is 0.145. The van der Waals surface area contributed by atoms with Crippen molar-refractivity contribution >= 4 is 23.0 Å². The van der Waals surface area contributed by atoms with Crippen molar-refractivity contribution in [3.63, 3.8) is 0 Å². The molecule has 0 spiro atoms. The molecule has 6 heteroatoms. The van der Waals surface area contributed by atoms with Gasteiger partial charge in [-0.2, -0.15) is 0 Å². The molecule has 0 saturated heterocycles. The lowest BCUT2D eigenvalue weighted by Gasteiger charge is -2.23. The van der Waals surface area contributed by atoms with E-state index in [2.05, 4.69) is 10.3 Å². The molecule has 2 atom stereocenters. The number of hydrogen-bond acceptors (Lipinski definition) is 4. The van der Waals surface area contributed by atoms with Gasteiger partial charge in [-0.1, -0.05) is 18.2 Å². The number of para-hydroxylation sites is 1. The predicted octanol–water partition coefficient (Wildman–Crippen LogP) is 3.09. The van der Waals surface area contributed by atoms with Gasteiger partial charge in [0.25, 0.3) is 0 Å². The number of carbonyl (C=O) groups is 2. The number of aromatic amines is 1. The molecule has 1 fully saturated rings. The lowest BCUT2D eigenvalue weighted by Crippen LogP contribution is -2.47.